The predicted molar refractivity (Wildman–Crippen MR) is 62.7 cm³/mol. The maximum atomic E-state index is 11.1. The molecule has 0 saturated heterocycles. The van der Waals surface area contributed by atoms with E-state index < -0.39 is 0 Å². The lowest BCUT2D eigenvalue weighted by atomic mass is 10.4. The Bertz CT molecular complexity index is 384. The number of carbonyl (C=O) groups is 1. The van der Waals surface area contributed by atoms with Crippen LogP contribution in [-0.2, 0) is 9.53 Å². The third-order valence-corrected chi connectivity index (χ3v) is 1.87. The number of hydrogen-bond donors (Lipinski definition) is 2. The molecule has 1 aromatic heterocycles. The molecule has 94 valence electrons. The fourth-order valence-corrected chi connectivity index (χ4v) is 1.16. The van der Waals surface area contributed by atoms with Crippen LogP contribution in [0.2, 0.25) is 0 Å². The van der Waals surface area contributed by atoms with Gasteiger partial charge >= 0.3 is 5.97 Å². The zero-order valence-electron chi connectivity index (χ0n) is 9.90. The number of esters is 1. The van der Waals surface area contributed by atoms with E-state index in [4.69, 9.17) is 15.2 Å². The van der Waals surface area contributed by atoms with Gasteiger partial charge in [-0.15, -0.1) is 0 Å². The quantitative estimate of drug-likeness (QED) is 0.695. The van der Waals surface area contributed by atoms with Crippen LogP contribution < -0.4 is 15.8 Å². The molecule has 0 spiro atoms. The minimum atomic E-state index is -0.256. The van der Waals surface area contributed by atoms with Crippen LogP contribution in [0.1, 0.15) is 13.3 Å². The lowest BCUT2D eigenvalue weighted by Gasteiger charge is -2.07. The summed E-state index contributed by atoms with van der Waals surface area (Å²) < 4.78 is 9.73. The minimum absolute atomic E-state index is 0.114. The third kappa shape index (κ3) is 4.54. The van der Waals surface area contributed by atoms with Crippen molar-refractivity contribution in [2.75, 3.05) is 31.3 Å². The van der Waals surface area contributed by atoms with E-state index in [-0.39, 0.29) is 18.3 Å². The second-order valence-corrected chi connectivity index (χ2v) is 3.14. The fraction of sp³-hybridized carbons (Fsp3) is 0.500. The van der Waals surface area contributed by atoms with Gasteiger partial charge in [-0.1, -0.05) is 0 Å². The summed E-state index contributed by atoms with van der Waals surface area (Å²) >= 11 is 0. The van der Waals surface area contributed by atoms with Crippen molar-refractivity contribution in [1.29, 1.82) is 0 Å². The third-order valence-electron chi connectivity index (χ3n) is 1.87. The fourth-order valence-electron chi connectivity index (χ4n) is 1.16. The Labute approximate surface area is 99.3 Å². The molecule has 3 N–H and O–H groups in total. The van der Waals surface area contributed by atoms with Gasteiger partial charge < -0.3 is 20.5 Å². The van der Waals surface area contributed by atoms with Crippen molar-refractivity contribution in [2.24, 2.45) is 0 Å². The largest absolute Gasteiger partial charge is 0.481 e. The average molecular weight is 240 g/mol. The van der Waals surface area contributed by atoms with E-state index in [0.29, 0.717) is 24.8 Å². The van der Waals surface area contributed by atoms with E-state index in [1.807, 2.05) is 0 Å². The van der Waals surface area contributed by atoms with Crippen molar-refractivity contribution in [2.45, 2.75) is 13.3 Å². The first-order valence-electron chi connectivity index (χ1n) is 5.23. The van der Waals surface area contributed by atoms with Crippen LogP contribution in [0.25, 0.3) is 0 Å². The summed E-state index contributed by atoms with van der Waals surface area (Å²) in [5.74, 6) is 0.742. The highest BCUT2D eigenvalue weighted by molar-refractivity contribution is 5.70. The molecule has 0 amide bonds. The summed E-state index contributed by atoms with van der Waals surface area (Å²) in [6.45, 7) is 2.56. The lowest BCUT2D eigenvalue weighted by Crippen LogP contribution is -2.12. The van der Waals surface area contributed by atoms with E-state index in [2.05, 4.69) is 15.3 Å². The molecular weight excluding hydrogens is 224 g/mol. The molecule has 0 bridgehead atoms. The van der Waals surface area contributed by atoms with Crippen LogP contribution in [-0.4, -0.2) is 36.2 Å². The maximum absolute atomic E-state index is 11.1. The van der Waals surface area contributed by atoms with E-state index >= 15 is 0 Å². The van der Waals surface area contributed by atoms with Crippen LogP contribution in [0.5, 0.6) is 5.88 Å². The molecule has 0 aliphatic carbocycles. The summed E-state index contributed by atoms with van der Waals surface area (Å²) in [4.78, 5) is 18.9. The van der Waals surface area contributed by atoms with E-state index in [9.17, 15) is 4.79 Å². The molecule has 7 heteroatoms. The number of rotatable bonds is 6. The average Bonchev–Trinajstić information content (AvgIpc) is 2.28. The van der Waals surface area contributed by atoms with Crippen molar-refractivity contribution in [1.82, 2.24) is 9.97 Å². The van der Waals surface area contributed by atoms with Gasteiger partial charge in [-0.25, -0.2) is 0 Å². The molecule has 0 fully saturated rings. The highest BCUT2D eigenvalue weighted by atomic mass is 16.5. The van der Waals surface area contributed by atoms with Crippen LogP contribution in [0.3, 0.4) is 0 Å². The molecule has 17 heavy (non-hydrogen) atoms. The van der Waals surface area contributed by atoms with E-state index in [1.165, 1.54) is 7.11 Å². The first-order chi connectivity index (χ1) is 8.15. The number of methoxy groups -OCH3 is 1. The monoisotopic (exact) mass is 240 g/mol. The van der Waals surface area contributed by atoms with Crippen molar-refractivity contribution in [3.8, 4) is 5.88 Å². The van der Waals surface area contributed by atoms with Gasteiger partial charge in [0.05, 0.1) is 20.1 Å². The number of anilines is 2. The highest BCUT2D eigenvalue weighted by Crippen LogP contribution is 2.13. The number of carbonyl (C=O) groups excluding carboxylic acids is 1. The number of nitrogens with one attached hydrogen (secondary N) is 1. The topological polar surface area (TPSA) is 99.4 Å². The van der Waals surface area contributed by atoms with E-state index in [0.717, 1.165) is 0 Å². The number of aromatic nitrogens is 2. The van der Waals surface area contributed by atoms with E-state index in [1.54, 1.807) is 13.0 Å². The first-order valence-corrected chi connectivity index (χ1v) is 5.23. The highest BCUT2D eigenvalue weighted by Gasteiger charge is 2.04. The summed E-state index contributed by atoms with van der Waals surface area (Å²) in [6, 6.07) is 1.60. The van der Waals surface area contributed by atoms with Gasteiger partial charge in [0, 0.05) is 12.6 Å². The Morgan fingerprint density at radius 1 is 1.53 bits per heavy atom. The van der Waals surface area contributed by atoms with Crippen molar-refractivity contribution >= 4 is 17.7 Å². The second kappa shape index (κ2) is 6.51. The van der Waals surface area contributed by atoms with Crippen LogP contribution in [0, 0.1) is 0 Å². The minimum Gasteiger partial charge on any atom is -0.481 e. The Hall–Kier alpha value is -2.05. The van der Waals surface area contributed by atoms with Gasteiger partial charge in [0.25, 0.3) is 0 Å². The summed E-state index contributed by atoms with van der Waals surface area (Å²) in [6.07, 6.45) is 0.264. The second-order valence-electron chi connectivity index (χ2n) is 3.14. The SMILES string of the molecule is CCOC(=O)CCNc1cc(OC)nc(N)n1. The molecule has 0 unspecified atom stereocenters. The summed E-state index contributed by atoms with van der Waals surface area (Å²) in [5.41, 5.74) is 5.48. The molecule has 1 aromatic rings. The van der Waals surface area contributed by atoms with Gasteiger partial charge in [0.2, 0.25) is 11.8 Å². The molecule has 0 aromatic carbocycles. The molecule has 0 aliphatic heterocycles. The van der Waals surface area contributed by atoms with Crippen molar-refractivity contribution in [3.05, 3.63) is 6.07 Å². The molecule has 0 aliphatic rings. The van der Waals surface area contributed by atoms with Crippen molar-refractivity contribution in [3.63, 3.8) is 0 Å². The standard InChI is InChI=1S/C10H16N4O3/c1-3-17-9(15)4-5-12-7-6-8(16-2)14-10(11)13-7/h6H,3-5H2,1-2H3,(H3,11,12,13,14). The number of nitrogens with zero attached hydrogens (tertiary/aromatic N) is 2. The zero-order chi connectivity index (χ0) is 12.7. The van der Waals surface area contributed by atoms with Crippen LogP contribution >= 0.6 is 0 Å². The van der Waals surface area contributed by atoms with Gasteiger partial charge in [0.1, 0.15) is 5.82 Å². The predicted octanol–water partition coefficient (Wildman–Crippen LogP) is 0.432. The molecule has 0 saturated carbocycles. The van der Waals surface area contributed by atoms with Gasteiger partial charge in [-0.2, -0.15) is 9.97 Å². The zero-order valence-corrected chi connectivity index (χ0v) is 9.90. The summed E-state index contributed by atoms with van der Waals surface area (Å²) in [7, 11) is 1.49. The molecule has 0 radical (unpaired) electrons. The van der Waals surface area contributed by atoms with Crippen molar-refractivity contribution < 1.29 is 14.3 Å². The Morgan fingerprint density at radius 3 is 2.94 bits per heavy atom. The van der Waals surface area contributed by atoms with Gasteiger partial charge in [-0.05, 0) is 6.92 Å². The number of nitrogen functional groups attached to an aromatic ring is 1. The number of ether oxygens (including phenoxy) is 2. The van der Waals surface area contributed by atoms with Gasteiger partial charge in [-0.3, -0.25) is 4.79 Å². The molecule has 0 atom stereocenters. The van der Waals surface area contributed by atoms with Crippen LogP contribution in [0.15, 0.2) is 6.07 Å². The maximum Gasteiger partial charge on any atom is 0.307 e. The molecule has 1 rings (SSSR count). The van der Waals surface area contributed by atoms with Crippen LogP contribution in [0.4, 0.5) is 11.8 Å². The smallest absolute Gasteiger partial charge is 0.307 e. The Morgan fingerprint density at radius 2 is 2.29 bits per heavy atom. The summed E-state index contributed by atoms with van der Waals surface area (Å²) in [5, 5.41) is 2.94. The van der Waals surface area contributed by atoms with Gasteiger partial charge in [0.15, 0.2) is 0 Å². The lowest BCUT2D eigenvalue weighted by molar-refractivity contribution is -0.142. The number of nitrogens with two attached hydrogens (primary N) is 1. The number of hydrogen-bond acceptors (Lipinski definition) is 7. The molecular formula is C10H16N4O3. The Balaban J connectivity index is 2.46. The first kappa shape index (κ1) is 13.0. The molecule has 7 nitrogen and oxygen atoms in total. The molecule has 1 heterocycles. The Kier molecular flexibility index (Phi) is 4.99. The normalized spacial score (nSPS) is 9.76.